The van der Waals surface area contributed by atoms with Crippen molar-refractivity contribution in [3.8, 4) is 5.88 Å². The monoisotopic (exact) mass is 544 g/mol. The van der Waals surface area contributed by atoms with Crippen LogP contribution >= 0.6 is 15.9 Å². The molecule has 0 aliphatic heterocycles. The van der Waals surface area contributed by atoms with E-state index in [-0.39, 0.29) is 29.2 Å². The molecule has 0 bridgehead atoms. The van der Waals surface area contributed by atoms with Gasteiger partial charge in [-0.15, -0.1) is 0 Å². The highest BCUT2D eigenvalue weighted by Crippen LogP contribution is 2.32. The molecular weight excluding hydrogens is 525 g/mol. The molecule has 0 saturated carbocycles. The molecule has 6 nitrogen and oxygen atoms in total. The van der Waals surface area contributed by atoms with Gasteiger partial charge in [0.25, 0.3) is 0 Å². The summed E-state index contributed by atoms with van der Waals surface area (Å²) in [7, 11) is -3.71. The number of carbonyl (C=O) groups excluding carboxylic acids is 1. The lowest BCUT2D eigenvalue weighted by Crippen LogP contribution is -2.14. The van der Waals surface area contributed by atoms with E-state index in [2.05, 4.69) is 21.0 Å². The van der Waals surface area contributed by atoms with Gasteiger partial charge in [0.05, 0.1) is 17.5 Å². The first kappa shape index (κ1) is 25.0. The van der Waals surface area contributed by atoms with Crippen LogP contribution in [0.2, 0.25) is 0 Å². The van der Waals surface area contributed by atoms with Gasteiger partial charge in [0.1, 0.15) is 12.2 Å². The molecule has 2 aromatic carbocycles. The summed E-state index contributed by atoms with van der Waals surface area (Å²) >= 11 is 3.35. The van der Waals surface area contributed by atoms with E-state index < -0.39 is 33.1 Å². The lowest BCUT2D eigenvalue weighted by Gasteiger charge is -2.14. The third-order valence-corrected chi connectivity index (χ3v) is 6.08. The second-order valence-electron chi connectivity index (χ2n) is 7.36. The Hall–Kier alpha value is -2.66. The van der Waals surface area contributed by atoms with Gasteiger partial charge in [0.2, 0.25) is 5.88 Å². The highest BCUT2D eigenvalue weighted by molar-refractivity contribution is 9.10. The molecule has 11 heteroatoms. The predicted octanol–water partition coefficient (Wildman–Crippen LogP) is 5.04. The summed E-state index contributed by atoms with van der Waals surface area (Å²) in [6.07, 6.45) is -2.52. The van der Waals surface area contributed by atoms with E-state index in [1.165, 1.54) is 10.9 Å². The number of alkyl halides is 3. The van der Waals surface area contributed by atoms with Crippen molar-refractivity contribution in [2.75, 3.05) is 6.26 Å². The number of aromatic nitrogens is 2. The summed E-state index contributed by atoms with van der Waals surface area (Å²) in [6.45, 7) is 2.30. The molecule has 0 N–H and O–H groups in total. The molecule has 33 heavy (non-hydrogen) atoms. The number of hydrogen-bond acceptors (Lipinski definition) is 5. The van der Waals surface area contributed by atoms with E-state index in [9.17, 15) is 26.4 Å². The van der Waals surface area contributed by atoms with Crippen LogP contribution in [0.3, 0.4) is 0 Å². The van der Waals surface area contributed by atoms with E-state index >= 15 is 0 Å². The minimum Gasteiger partial charge on any atom is -0.472 e. The maximum absolute atomic E-state index is 13.3. The number of aryl methyl sites for hydroxylation is 1. The summed E-state index contributed by atoms with van der Waals surface area (Å²) < 4.78 is 71.4. The number of nitrogens with zero attached hydrogens (tertiary/aromatic N) is 2. The van der Waals surface area contributed by atoms with E-state index in [1.807, 2.05) is 24.3 Å². The lowest BCUT2D eigenvalue weighted by atomic mass is 9.98. The van der Waals surface area contributed by atoms with Gasteiger partial charge in [-0.05, 0) is 42.3 Å². The summed E-state index contributed by atoms with van der Waals surface area (Å²) in [5.74, 6) is -1.24. The maximum Gasteiger partial charge on any atom is 0.416 e. The fraction of sp³-hybridized carbons (Fsp3) is 0.273. The Balaban J connectivity index is 2.00. The predicted molar refractivity (Wildman–Crippen MR) is 120 cm³/mol. The fourth-order valence-corrected chi connectivity index (χ4v) is 4.25. The molecule has 0 unspecified atom stereocenters. The SMILES string of the molecule is CCn1ncc(C(=O)c2ccc(C(F)(F)F)cc2CS(C)(=O)=O)c1OCc1ccc(Br)cc1. The second-order valence-corrected chi connectivity index (χ2v) is 10.4. The van der Waals surface area contributed by atoms with Gasteiger partial charge < -0.3 is 4.74 Å². The lowest BCUT2D eigenvalue weighted by molar-refractivity contribution is -0.137. The molecule has 0 aliphatic rings. The average Bonchev–Trinajstić information content (AvgIpc) is 3.14. The standard InChI is InChI=1S/C22H20BrF3N2O4S/c1-3-28-21(32-12-14-4-7-17(23)8-5-14)19(11-27-28)20(29)18-9-6-16(22(24,25)26)10-15(18)13-33(2,30)31/h4-11H,3,12-13H2,1-2H3. The number of ketones is 1. The molecular formula is C22H20BrF3N2O4S. The fourth-order valence-electron chi connectivity index (χ4n) is 3.18. The molecule has 0 atom stereocenters. The topological polar surface area (TPSA) is 78.3 Å². The summed E-state index contributed by atoms with van der Waals surface area (Å²) in [5.41, 5.74) is -0.567. The van der Waals surface area contributed by atoms with Crippen molar-refractivity contribution in [2.45, 2.75) is 32.0 Å². The molecule has 0 radical (unpaired) electrons. The zero-order valence-electron chi connectivity index (χ0n) is 17.7. The normalized spacial score (nSPS) is 12.1. The van der Waals surface area contributed by atoms with Crippen LogP contribution in [-0.4, -0.2) is 30.2 Å². The zero-order valence-corrected chi connectivity index (χ0v) is 20.1. The first-order valence-corrected chi connectivity index (χ1v) is 12.6. The highest BCUT2D eigenvalue weighted by atomic mass is 79.9. The van der Waals surface area contributed by atoms with Gasteiger partial charge in [-0.25, -0.2) is 13.1 Å². The molecule has 0 spiro atoms. The van der Waals surface area contributed by atoms with Gasteiger partial charge in [-0.3, -0.25) is 4.79 Å². The van der Waals surface area contributed by atoms with Crippen LogP contribution in [0.4, 0.5) is 13.2 Å². The van der Waals surface area contributed by atoms with E-state index in [1.54, 1.807) is 6.92 Å². The van der Waals surface area contributed by atoms with Crippen LogP contribution in [0, 0.1) is 0 Å². The second kappa shape index (κ2) is 9.68. The Morgan fingerprint density at radius 1 is 1.12 bits per heavy atom. The molecule has 0 saturated heterocycles. The average molecular weight is 545 g/mol. The van der Waals surface area contributed by atoms with Crippen LogP contribution in [0.25, 0.3) is 0 Å². The van der Waals surface area contributed by atoms with Gasteiger partial charge >= 0.3 is 6.18 Å². The van der Waals surface area contributed by atoms with E-state index in [4.69, 9.17) is 4.74 Å². The first-order chi connectivity index (χ1) is 15.4. The number of carbonyl (C=O) groups is 1. The number of hydrogen-bond donors (Lipinski definition) is 0. The van der Waals surface area contributed by atoms with Crippen LogP contribution in [0.15, 0.2) is 53.1 Å². The van der Waals surface area contributed by atoms with Crippen LogP contribution < -0.4 is 4.74 Å². The third-order valence-electron chi connectivity index (χ3n) is 4.72. The minimum absolute atomic E-state index is 0.0310. The van der Waals surface area contributed by atoms with Crippen molar-refractivity contribution in [3.63, 3.8) is 0 Å². The van der Waals surface area contributed by atoms with Crippen molar-refractivity contribution in [1.29, 1.82) is 0 Å². The van der Waals surface area contributed by atoms with Crippen molar-refractivity contribution < 1.29 is 31.1 Å². The summed E-state index contributed by atoms with van der Waals surface area (Å²) in [4.78, 5) is 13.3. The Kier molecular flexibility index (Phi) is 7.32. The van der Waals surface area contributed by atoms with Gasteiger partial charge in [-0.2, -0.15) is 18.3 Å². The van der Waals surface area contributed by atoms with Gasteiger partial charge in [0, 0.05) is 22.8 Å². The number of benzene rings is 2. The van der Waals surface area contributed by atoms with Gasteiger partial charge in [-0.1, -0.05) is 34.1 Å². The maximum atomic E-state index is 13.3. The Bertz CT molecular complexity index is 1270. The van der Waals surface area contributed by atoms with Crippen molar-refractivity contribution in [2.24, 2.45) is 0 Å². The Labute approximate surface area is 197 Å². The Morgan fingerprint density at radius 3 is 2.36 bits per heavy atom. The molecule has 3 rings (SSSR count). The number of rotatable bonds is 8. The molecule has 176 valence electrons. The van der Waals surface area contributed by atoms with Crippen molar-refractivity contribution >= 4 is 31.6 Å². The summed E-state index contributed by atoms with van der Waals surface area (Å²) in [5, 5.41) is 4.13. The molecule has 0 aliphatic carbocycles. The van der Waals surface area contributed by atoms with E-state index in [0.29, 0.717) is 12.6 Å². The molecule has 0 fully saturated rings. The smallest absolute Gasteiger partial charge is 0.416 e. The molecule has 1 aromatic heterocycles. The summed E-state index contributed by atoms with van der Waals surface area (Å²) in [6, 6.07) is 9.78. The quantitative estimate of drug-likeness (QED) is 0.371. The number of sulfone groups is 1. The Morgan fingerprint density at radius 2 is 1.79 bits per heavy atom. The van der Waals surface area contributed by atoms with Gasteiger partial charge in [0.15, 0.2) is 15.6 Å². The number of halogens is 4. The molecule has 1 heterocycles. The van der Waals surface area contributed by atoms with Crippen LogP contribution in [-0.2, 0) is 34.9 Å². The molecule has 0 amide bonds. The largest absolute Gasteiger partial charge is 0.472 e. The van der Waals surface area contributed by atoms with Crippen LogP contribution in [0.5, 0.6) is 5.88 Å². The number of ether oxygens (including phenoxy) is 1. The highest BCUT2D eigenvalue weighted by Gasteiger charge is 2.32. The third kappa shape index (κ3) is 6.23. The zero-order chi connectivity index (χ0) is 24.4. The van der Waals surface area contributed by atoms with E-state index in [0.717, 1.165) is 28.4 Å². The first-order valence-electron chi connectivity index (χ1n) is 9.74. The van der Waals surface area contributed by atoms with Crippen molar-refractivity contribution in [1.82, 2.24) is 9.78 Å². The van der Waals surface area contributed by atoms with Crippen molar-refractivity contribution in [3.05, 3.63) is 81.0 Å². The van der Waals surface area contributed by atoms with Crippen LogP contribution in [0.1, 0.15) is 39.5 Å². The molecule has 3 aromatic rings. The minimum atomic E-state index is -4.68.